The molecule has 0 aliphatic carbocycles. The molecule has 26 heavy (non-hydrogen) atoms. The number of rotatable bonds is 12. The van der Waals surface area contributed by atoms with Crippen molar-refractivity contribution in [3.05, 3.63) is 83.4 Å². The van der Waals surface area contributed by atoms with Gasteiger partial charge in [-0.2, -0.15) is 0 Å². The Morgan fingerprint density at radius 2 is 1.15 bits per heavy atom. The highest BCUT2D eigenvalue weighted by Crippen LogP contribution is 2.14. The summed E-state index contributed by atoms with van der Waals surface area (Å²) in [5.41, 5.74) is 4.44. The Bertz CT molecular complexity index is 677. The minimum absolute atomic E-state index is 0.711. The molecule has 1 nitrogen and oxygen atoms in total. The normalized spacial score (nSPS) is 10.9. The van der Waals surface area contributed by atoms with Crippen molar-refractivity contribution < 1.29 is 4.79 Å². The van der Waals surface area contributed by atoms with Crippen LogP contribution in [-0.2, 0) is 6.42 Å². The van der Waals surface area contributed by atoms with Gasteiger partial charge in [0.05, 0.1) is 0 Å². The van der Waals surface area contributed by atoms with E-state index in [9.17, 15) is 4.79 Å². The molecular formula is C25H30O. The highest BCUT2D eigenvalue weighted by molar-refractivity contribution is 5.76. The van der Waals surface area contributed by atoms with Crippen LogP contribution in [0.5, 0.6) is 0 Å². The highest BCUT2D eigenvalue weighted by atomic mass is 16.1. The molecule has 2 aromatic carbocycles. The van der Waals surface area contributed by atoms with Crippen molar-refractivity contribution in [1.82, 2.24) is 0 Å². The summed E-state index contributed by atoms with van der Waals surface area (Å²) in [6, 6.07) is 16.4. The predicted octanol–water partition coefficient (Wildman–Crippen LogP) is 7.13. The number of unbranched alkanes of at least 4 members (excludes halogenated alkanes) is 6. The Morgan fingerprint density at radius 1 is 0.654 bits per heavy atom. The molecule has 0 aromatic heterocycles. The number of hydrogen-bond acceptors (Lipinski definition) is 1. The zero-order chi connectivity index (χ0) is 18.5. The fraction of sp³-hybridized carbons (Fsp3) is 0.320. The lowest BCUT2D eigenvalue weighted by molar-refractivity contribution is 0.112. The molecule has 0 spiro atoms. The van der Waals surface area contributed by atoms with Crippen LogP contribution < -0.4 is 0 Å². The van der Waals surface area contributed by atoms with Crippen molar-refractivity contribution in [3.8, 4) is 0 Å². The Morgan fingerprint density at radius 3 is 1.73 bits per heavy atom. The van der Waals surface area contributed by atoms with Crippen LogP contribution in [0, 0.1) is 0 Å². The second-order valence-electron chi connectivity index (χ2n) is 6.81. The third-order valence-corrected chi connectivity index (χ3v) is 4.64. The first-order chi connectivity index (χ1) is 12.8. The molecule has 0 aliphatic heterocycles. The maximum Gasteiger partial charge on any atom is 0.150 e. The summed E-state index contributed by atoms with van der Waals surface area (Å²) in [6.07, 6.45) is 17.3. The Kier molecular flexibility index (Phi) is 9.21. The minimum Gasteiger partial charge on any atom is -0.298 e. The first-order valence-electron chi connectivity index (χ1n) is 9.75. The Labute approximate surface area is 158 Å². The zero-order valence-electron chi connectivity index (χ0n) is 15.7. The fourth-order valence-corrected chi connectivity index (χ4v) is 3.00. The van der Waals surface area contributed by atoms with Gasteiger partial charge < -0.3 is 0 Å². The fourth-order valence-electron chi connectivity index (χ4n) is 3.00. The quantitative estimate of drug-likeness (QED) is 0.173. The second kappa shape index (κ2) is 12.0. The maximum atomic E-state index is 10.7. The van der Waals surface area contributed by atoms with Gasteiger partial charge in [0, 0.05) is 5.56 Å². The average Bonchev–Trinajstić information content (AvgIpc) is 2.69. The molecule has 2 rings (SSSR count). The summed E-state index contributed by atoms with van der Waals surface area (Å²) in [4.78, 5) is 10.7. The summed E-state index contributed by atoms with van der Waals surface area (Å²) in [7, 11) is 0. The van der Waals surface area contributed by atoms with Crippen LogP contribution in [0.2, 0.25) is 0 Å². The Balaban J connectivity index is 1.69. The molecule has 1 heteroatoms. The van der Waals surface area contributed by atoms with E-state index in [1.165, 1.54) is 56.1 Å². The third kappa shape index (κ3) is 7.65. The summed E-state index contributed by atoms with van der Waals surface area (Å²) < 4.78 is 0. The van der Waals surface area contributed by atoms with E-state index in [0.29, 0.717) is 5.56 Å². The SMILES string of the molecule is C=CCCCCCCCCc1ccc(/C=C/c2ccc(C=O)cc2)cc1. The highest BCUT2D eigenvalue weighted by Gasteiger charge is 1.96. The molecule has 0 heterocycles. The van der Waals surface area contributed by atoms with E-state index >= 15 is 0 Å². The molecule has 0 saturated carbocycles. The van der Waals surface area contributed by atoms with Crippen LogP contribution in [0.4, 0.5) is 0 Å². The largest absolute Gasteiger partial charge is 0.298 e. The number of benzene rings is 2. The van der Waals surface area contributed by atoms with E-state index in [2.05, 4.69) is 43.0 Å². The van der Waals surface area contributed by atoms with Gasteiger partial charge in [0.1, 0.15) is 6.29 Å². The first kappa shape index (κ1) is 19.9. The van der Waals surface area contributed by atoms with Crippen LogP contribution in [0.15, 0.2) is 61.2 Å². The van der Waals surface area contributed by atoms with Gasteiger partial charge in [0.25, 0.3) is 0 Å². The molecule has 0 aliphatic rings. The molecule has 136 valence electrons. The van der Waals surface area contributed by atoms with E-state index in [-0.39, 0.29) is 0 Å². The van der Waals surface area contributed by atoms with Crippen LogP contribution >= 0.6 is 0 Å². The van der Waals surface area contributed by atoms with Gasteiger partial charge in [-0.25, -0.2) is 0 Å². The lowest BCUT2D eigenvalue weighted by Crippen LogP contribution is -1.87. The lowest BCUT2D eigenvalue weighted by Gasteiger charge is -2.03. The van der Waals surface area contributed by atoms with E-state index in [4.69, 9.17) is 0 Å². The summed E-state index contributed by atoms with van der Waals surface area (Å²) in [6.45, 7) is 3.77. The van der Waals surface area contributed by atoms with Gasteiger partial charge in [0.2, 0.25) is 0 Å². The van der Waals surface area contributed by atoms with Gasteiger partial charge in [-0.3, -0.25) is 4.79 Å². The van der Waals surface area contributed by atoms with Crippen LogP contribution in [0.3, 0.4) is 0 Å². The minimum atomic E-state index is 0.711. The zero-order valence-corrected chi connectivity index (χ0v) is 15.7. The van der Waals surface area contributed by atoms with Gasteiger partial charge >= 0.3 is 0 Å². The van der Waals surface area contributed by atoms with Crippen molar-refractivity contribution in [2.24, 2.45) is 0 Å². The molecule has 0 saturated heterocycles. The smallest absolute Gasteiger partial charge is 0.150 e. The monoisotopic (exact) mass is 346 g/mol. The van der Waals surface area contributed by atoms with Crippen molar-refractivity contribution in [1.29, 1.82) is 0 Å². The standard InChI is InChI=1S/C25H30O/c1-2-3-4-5-6-7-8-9-10-22-11-13-23(14-12-22)15-16-24-17-19-25(21-26)20-18-24/h2,11-21H,1,3-10H2/b16-15+. The number of aryl methyl sites for hydroxylation is 1. The number of hydrogen-bond donors (Lipinski definition) is 0. The number of carbonyl (C=O) groups is 1. The van der Waals surface area contributed by atoms with E-state index in [1.807, 2.05) is 30.3 Å². The summed E-state index contributed by atoms with van der Waals surface area (Å²) >= 11 is 0. The van der Waals surface area contributed by atoms with Gasteiger partial charge in [0.15, 0.2) is 0 Å². The molecule has 0 bridgehead atoms. The topological polar surface area (TPSA) is 17.1 Å². The van der Waals surface area contributed by atoms with Crippen molar-refractivity contribution in [2.45, 2.75) is 51.4 Å². The molecular weight excluding hydrogens is 316 g/mol. The van der Waals surface area contributed by atoms with Crippen LogP contribution in [0.25, 0.3) is 12.2 Å². The van der Waals surface area contributed by atoms with Crippen molar-refractivity contribution in [3.63, 3.8) is 0 Å². The summed E-state index contributed by atoms with van der Waals surface area (Å²) in [5, 5.41) is 0. The average molecular weight is 347 g/mol. The van der Waals surface area contributed by atoms with Crippen molar-refractivity contribution >= 4 is 18.4 Å². The molecule has 0 atom stereocenters. The van der Waals surface area contributed by atoms with Gasteiger partial charge in [-0.15, -0.1) is 6.58 Å². The maximum absolute atomic E-state index is 10.7. The number of carbonyl (C=O) groups excluding carboxylic acids is 1. The van der Waals surface area contributed by atoms with Crippen molar-refractivity contribution in [2.75, 3.05) is 0 Å². The number of allylic oxidation sites excluding steroid dienone is 1. The van der Waals surface area contributed by atoms with Gasteiger partial charge in [-0.1, -0.05) is 92.4 Å². The Hall–Kier alpha value is -2.41. The van der Waals surface area contributed by atoms with E-state index in [1.54, 1.807) is 0 Å². The molecule has 2 aromatic rings. The van der Waals surface area contributed by atoms with Crippen LogP contribution in [0.1, 0.15) is 72.0 Å². The molecule has 0 radical (unpaired) electrons. The molecule has 0 N–H and O–H groups in total. The summed E-state index contributed by atoms with van der Waals surface area (Å²) in [5.74, 6) is 0. The third-order valence-electron chi connectivity index (χ3n) is 4.64. The van der Waals surface area contributed by atoms with Gasteiger partial charge in [-0.05, 0) is 42.4 Å². The molecule has 0 amide bonds. The lowest BCUT2D eigenvalue weighted by atomic mass is 10.0. The predicted molar refractivity (Wildman–Crippen MR) is 113 cm³/mol. The number of aldehydes is 1. The second-order valence-corrected chi connectivity index (χ2v) is 6.81. The van der Waals surface area contributed by atoms with Crippen LogP contribution in [-0.4, -0.2) is 6.29 Å². The van der Waals surface area contributed by atoms with E-state index in [0.717, 1.165) is 18.3 Å². The molecule has 0 unspecified atom stereocenters. The first-order valence-corrected chi connectivity index (χ1v) is 9.75. The molecule has 0 fully saturated rings. The van der Waals surface area contributed by atoms with E-state index < -0.39 is 0 Å².